The number of amides is 2. The molecule has 0 aliphatic heterocycles. The predicted molar refractivity (Wildman–Crippen MR) is 74.7 cm³/mol. The fourth-order valence-electron chi connectivity index (χ4n) is 1.52. The molecule has 0 aromatic carbocycles. The van der Waals surface area contributed by atoms with Gasteiger partial charge in [-0.3, -0.25) is 4.79 Å². The van der Waals surface area contributed by atoms with E-state index >= 15 is 0 Å². The number of carbonyl (C=O) groups is 2. The third-order valence-electron chi connectivity index (χ3n) is 2.36. The zero-order valence-corrected chi connectivity index (χ0v) is 12.6. The normalized spacial score (nSPS) is 13.2. The van der Waals surface area contributed by atoms with E-state index < -0.39 is 11.7 Å². The maximum absolute atomic E-state index is 11.3. The summed E-state index contributed by atoms with van der Waals surface area (Å²) < 4.78 is 5.10. The van der Waals surface area contributed by atoms with E-state index in [0.29, 0.717) is 19.5 Å². The SMILES string of the molecule is CC(C)C(NCCCNC(=O)OC(C)(C)C)C(N)=O. The predicted octanol–water partition coefficient (Wildman–Crippen LogP) is 1.00. The van der Waals surface area contributed by atoms with Crippen LogP contribution in [0.4, 0.5) is 4.79 Å². The monoisotopic (exact) mass is 273 g/mol. The Morgan fingerprint density at radius 2 is 1.79 bits per heavy atom. The molecule has 1 unspecified atom stereocenters. The number of carbonyl (C=O) groups excluding carboxylic acids is 2. The Morgan fingerprint density at radius 3 is 2.21 bits per heavy atom. The van der Waals surface area contributed by atoms with Crippen LogP contribution < -0.4 is 16.4 Å². The van der Waals surface area contributed by atoms with Crippen molar-refractivity contribution in [3.8, 4) is 0 Å². The summed E-state index contributed by atoms with van der Waals surface area (Å²) in [6.07, 6.45) is 0.276. The topological polar surface area (TPSA) is 93.4 Å². The van der Waals surface area contributed by atoms with Gasteiger partial charge in [-0.05, 0) is 39.7 Å². The molecule has 0 aromatic heterocycles. The molecule has 0 radical (unpaired) electrons. The molecule has 0 spiro atoms. The van der Waals surface area contributed by atoms with Crippen molar-refractivity contribution < 1.29 is 14.3 Å². The molecule has 2 amide bonds. The van der Waals surface area contributed by atoms with Crippen LogP contribution in [0.1, 0.15) is 41.0 Å². The van der Waals surface area contributed by atoms with Crippen LogP contribution in [0.25, 0.3) is 0 Å². The second kappa shape index (κ2) is 7.99. The average Bonchev–Trinajstić information content (AvgIpc) is 2.19. The highest BCUT2D eigenvalue weighted by molar-refractivity contribution is 5.80. The van der Waals surface area contributed by atoms with Crippen LogP contribution in [-0.4, -0.2) is 36.7 Å². The summed E-state index contributed by atoms with van der Waals surface area (Å²) in [6, 6.07) is -0.332. The zero-order chi connectivity index (χ0) is 15.1. The van der Waals surface area contributed by atoms with E-state index in [1.807, 2.05) is 34.6 Å². The number of nitrogens with two attached hydrogens (primary N) is 1. The van der Waals surface area contributed by atoms with Crippen molar-refractivity contribution in [1.29, 1.82) is 0 Å². The van der Waals surface area contributed by atoms with Gasteiger partial charge in [0.25, 0.3) is 0 Å². The van der Waals surface area contributed by atoms with Gasteiger partial charge in [0, 0.05) is 6.54 Å². The summed E-state index contributed by atoms with van der Waals surface area (Å²) in [7, 11) is 0. The molecule has 0 fully saturated rings. The summed E-state index contributed by atoms with van der Waals surface area (Å²) in [5.74, 6) is -0.202. The summed E-state index contributed by atoms with van der Waals surface area (Å²) in [6.45, 7) is 10.4. The highest BCUT2D eigenvalue weighted by Gasteiger charge is 2.18. The maximum atomic E-state index is 11.3. The number of alkyl carbamates (subject to hydrolysis) is 1. The van der Waals surface area contributed by atoms with Gasteiger partial charge in [0.1, 0.15) is 5.60 Å². The number of hydrogen-bond acceptors (Lipinski definition) is 4. The summed E-state index contributed by atoms with van der Waals surface area (Å²) in [5.41, 5.74) is 4.79. The lowest BCUT2D eigenvalue weighted by Crippen LogP contribution is -2.45. The Balaban J connectivity index is 3.76. The second-order valence-electron chi connectivity index (χ2n) is 5.86. The van der Waals surface area contributed by atoms with E-state index in [2.05, 4.69) is 10.6 Å². The van der Waals surface area contributed by atoms with Crippen molar-refractivity contribution in [2.45, 2.75) is 52.7 Å². The Hall–Kier alpha value is -1.30. The van der Waals surface area contributed by atoms with Crippen LogP contribution in [0.3, 0.4) is 0 Å². The molecule has 0 aliphatic rings. The third kappa shape index (κ3) is 9.30. The van der Waals surface area contributed by atoms with Gasteiger partial charge >= 0.3 is 6.09 Å². The molecule has 6 heteroatoms. The number of nitrogens with one attached hydrogen (secondary N) is 2. The molecular formula is C13H27N3O3. The molecule has 19 heavy (non-hydrogen) atoms. The first-order chi connectivity index (χ1) is 8.63. The van der Waals surface area contributed by atoms with E-state index in [-0.39, 0.29) is 17.9 Å². The minimum absolute atomic E-state index is 0.149. The lowest BCUT2D eigenvalue weighted by molar-refractivity contribution is -0.121. The van der Waals surface area contributed by atoms with E-state index in [0.717, 1.165) is 0 Å². The first-order valence-corrected chi connectivity index (χ1v) is 6.63. The van der Waals surface area contributed by atoms with Gasteiger partial charge in [0.05, 0.1) is 6.04 Å². The zero-order valence-electron chi connectivity index (χ0n) is 12.6. The molecule has 1 atom stereocenters. The van der Waals surface area contributed by atoms with Crippen molar-refractivity contribution >= 4 is 12.0 Å². The molecule has 6 nitrogen and oxygen atoms in total. The van der Waals surface area contributed by atoms with Crippen LogP contribution in [0.15, 0.2) is 0 Å². The van der Waals surface area contributed by atoms with Crippen LogP contribution in [-0.2, 0) is 9.53 Å². The molecule has 0 rings (SSSR count). The van der Waals surface area contributed by atoms with Crippen LogP contribution in [0.5, 0.6) is 0 Å². The summed E-state index contributed by atoms with van der Waals surface area (Å²) in [4.78, 5) is 22.5. The Morgan fingerprint density at radius 1 is 1.21 bits per heavy atom. The van der Waals surface area contributed by atoms with Gasteiger partial charge in [0.2, 0.25) is 5.91 Å². The Kier molecular flexibility index (Phi) is 7.44. The largest absolute Gasteiger partial charge is 0.444 e. The van der Waals surface area contributed by atoms with E-state index in [4.69, 9.17) is 10.5 Å². The molecule has 0 aromatic rings. The lowest BCUT2D eigenvalue weighted by Gasteiger charge is -2.20. The van der Waals surface area contributed by atoms with Crippen molar-refractivity contribution in [3.63, 3.8) is 0 Å². The summed E-state index contributed by atoms with van der Waals surface area (Å²) >= 11 is 0. The Bertz CT molecular complexity index is 298. The minimum atomic E-state index is -0.489. The van der Waals surface area contributed by atoms with E-state index in [9.17, 15) is 9.59 Å². The molecule has 0 saturated heterocycles. The molecule has 0 aliphatic carbocycles. The quantitative estimate of drug-likeness (QED) is 0.603. The van der Waals surface area contributed by atoms with Crippen LogP contribution in [0.2, 0.25) is 0 Å². The number of hydrogen-bond donors (Lipinski definition) is 3. The molecular weight excluding hydrogens is 246 g/mol. The van der Waals surface area contributed by atoms with E-state index in [1.165, 1.54) is 0 Å². The second-order valence-corrected chi connectivity index (χ2v) is 5.86. The number of rotatable bonds is 7. The van der Waals surface area contributed by atoms with E-state index in [1.54, 1.807) is 0 Å². The smallest absolute Gasteiger partial charge is 0.407 e. The fraction of sp³-hybridized carbons (Fsp3) is 0.846. The van der Waals surface area contributed by atoms with Crippen molar-refractivity contribution in [2.24, 2.45) is 11.7 Å². The highest BCUT2D eigenvalue weighted by Crippen LogP contribution is 2.06. The average molecular weight is 273 g/mol. The highest BCUT2D eigenvalue weighted by atomic mass is 16.6. The number of ether oxygens (including phenoxy) is 1. The van der Waals surface area contributed by atoms with Crippen LogP contribution in [0, 0.1) is 5.92 Å². The summed E-state index contributed by atoms with van der Waals surface area (Å²) in [5, 5.41) is 5.73. The minimum Gasteiger partial charge on any atom is -0.444 e. The maximum Gasteiger partial charge on any atom is 0.407 e. The van der Waals surface area contributed by atoms with Gasteiger partial charge in [-0.25, -0.2) is 4.79 Å². The fourth-order valence-corrected chi connectivity index (χ4v) is 1.52. The van der Waals surface area contributed by atoms with Gasteiger partial charge in [-0.2, -0.15) is 0 Å². The Labute approximate surface area is 115 Å². The van der Waals surface area contributed by atoms with Crippen LogP contribution >= 0.6 is 0 Å². The van der Waals surface area contributed by atoms with Gasteiger partial charge in [0.15, 0.2) is 0 Å². The molecule has 0 heterocycles. The van der Waals surface area contributed by atoms with Crippen molar-refractivity contribution in [3.05, 3.63) is 0 Å². The first-order valence-electron chi connectivity index (χ1n) is 6.63. The van der Waals surface area contributed by atoms with Gasteiger partial charge in [-0.1, -0.05) is 13.8 Å². The molecule has 0 saturated carbocycles. The first kappa shape index (κ1) is 17.7. The lowest BCUT2D eigenvalue weighted by atomic mass is 10.0. The standard InChI is InChI=1S/C13H27N3O3/c1-9(2)10(11(14)17)15-7-6-8-16-12(18)19-13(3,4)5/h9-10,15H,6-8H2,1-5H3,(H2,14,17)(H,16,18). The van der Waals surface area contributed by atoms with Crippen molar-refractivity contribution in [1.82, 2.24) is 10.6 Å². The molecule has 0 bridgehead atoms. The van der Waals surface area contributed by atoms with Gasteiger partial charge in [-0.15, -0.1) is 0 Å². The molecule has 4 N–H and O–H groups in total. The molecule has 112 valence electrons. The third-order valence-corrected chi connectivity index (χ3v) is 2.36. The number of primary amides is 1. The van der Waals surface area contributed by atoms with Crippen molar-refractivity contribution in [2.75, 3.05) is 13.1 Å². The van der Waals surface area contributed by atoms with Gasteiger partial charge < -0.3 is 21.1 Å².